The molecule has 0 heterocycles. The summed E-state index contributed by atoms with van der Waals surface area (Å²) in [7, 11) is 3.91. The first-order valence-corrected chi connectivity index (χ1v) is 15.0. The van der Waals surface area contributed by atoms with Crippen LogP contribution >= 0.6 is 0 Å². The largest absolute Gasteiger partial charge is 0.509 e. The minimum atomic E-state index is 0.254. The van der Waals surface area contributed by atoms with E-state index in [0.29, 0.717) is 0 Å². The van der Waals surface area contributed by atoms with E-state index in [9.17, 15) is 10.2 Å². The molecule has 0 fully saturated rings. The summed E-state index contributed by atoms with van der Waals surface area (Å²) in [4.78, 5) is 0. The number of aromatic hydroxyl groups is 2. The molecule has 44 heavy (non-hydrogen) atoms. The smallest absolute Gasteiger partial charge is 0.144 e. The van der Waals surface area contributed by atoms with Crippen molar-refractivity contribution in [2.24, 2.45) is 0 Å². The fourth-order valence-corrected chi connectivity index (χ4v) is 6.87. The van der Waals surface area contributed by atoms with Crippen LogP contribution in [0, 0.1) is 0 Å². The van der Waals surface area contributed by atoms with Crippen LogP contribution in [-0.2, 0) is 0 Å². The van der Waals surface area contributed by atoms with E-state index in [1.54, 1.807) is 0 Å². The van der Waals surface area contributed by atoms with Crippen molar-refractivity contribution in [2.75, 3.05) is 0 Å². The van der Waals surface area contributed by atoms with Crippen LogP contribution in [-0.4, -0.2) is 25.9 Å². The molecule has 2 nitrogen and oxygen atoms in total. The Morgan fingerprint density at radius 2 is 0.886 bits per heavy atom. The Balaban J connectivity index is 1.59. The van der Waals surface area contributed by atoms with Crippen molar-refractivity contribution in [1.82, 2.24) is 0 Å². The quantitative estimate of drug-likeness (QED) is 0.176. The van der Waals surface area contributed by atoms with E-state index in [0.717, 1.165) is 76.4 Å². The lowest BCUT2D eigenvalue weighted by molar-refractivity contribution is 0.480. The van der Waals surface area contributed by atoms with Crippen molar-refractivity contribution < 1.29 is 10.2 Å². The number of hydrogen-bond acceptors (Lipinski definition) is 2. The molecule has 0 saturated carbocycles. The predicted octanol–water partition coefficient (Wildman–Crippen LogP) is 7.23. The van der Waals surface area contributed by atoms with Crippen LogP contribution in [0.1, 0.15) is 0 Å². The summed E-state index contributed by atoms with van der Waals surface area (Å²) in [5.41, 5.74) is 8.23. The maximum Gasteiger partial charge on any atom is 0.144 e. The first-order chi connectivity index (χ1) is 21.5. The van der Waals surface area contributed by atoms with Gasteiger partial charge in [-0.3, -0.25) is 0 Å². The lowest BCUT2D eigenvalue weighted by Crippen LogP contribution is -2.06. The third-order valence-corrected chi connectivity index (χ3v) is 9.04. The number of rotatable bonds is 3. The molecule has 0 aliphatic rings. The molecule has 0 aromatic heterocycles. The van der Waals surface area contributed by atoms with Gasteiger partial charge >= 0.3 is 0 Å². The zero-order valence-electron chi connectivity index (χ0n) is 24.6. The van der Waals surface area contributed by atoms with E-state index in [1.165, 1.54) is 10.9 Å². The Morgan fingerprint density at radius 1 is 0.364 bits per heavy atom. The van der Waals surface area contributed by atoms with E-state index in [2.05, 4.69) is 115 Å². The van der Waals surface area contributed by atoms with Crippen LogP contribution in [0.5, 0.6) is 11.5 Å². The van der Waals surface area contributed by atoms with Crippen LogP contribution in [0.15, 0.2) is 133 Å². The number of fused-ring (bicyclic) bond motifs is 4. The Bertz CT molecular complexity index is 2360. The van der Waals surface area contributed by atoms with Gasteiger partial charge in [-0.2, -0.15) is 0 Å². The van der Waals surface area contributed by atoms with Gasteiger partial charge in [0.1, 0.15) is 27.2 Å². The third kappa shape index (κ3) is 4.06. The fourth-order valence-electron chi connectivity index (χ4n) is 6.87. The summed E-state index contributed by atoms with van der Waals surface area (Å²) in [5, 5.41) is 30.9. The Kier molecular flexibility index (Phi) is 5.99. The second-order valence-electron chi connectivity index (χ2n) is 11.8. The second-order valence-corrected chi connectivity index (χ2v) is 11.8. The molecular weight excluding hydrogens is 534 g/mol. The van der Waals surface area contributed by atoms with Crippen molar-refractivity contribution in [3.63, 3.8) is 0 Å². The van der Waals surface area contributed by atoms with Crippen LogP contribution < -0.4 is 10.9 Å². The van der Waals surface area contributed by atoms with Crippen LogP contribution in [0.25, 0.3) is 76.5 Å². The average molecular weight is 562 g/mol. The number of hydrogen-bond donors (Lipinski definition) is 2. The normalized spacial score (nSPS) is 11.5. The van der Waals surface area contributed by atoms with Gasteiger partial charge in [0.2, 0.25) is 0 Å². The molecule has 8 rings (SSSR count). The highest BCUT2D eigenvalue weighted by atomic mass is 16.3. The van der Waals surface area contributed by atoms with Crippen LogP contribution in [0.3, 0.4) is 0 Å². The monoisotopic (exact) mass is 562 g/mol. The van der Waals surface area contributed by atoms with Gasteiger partial charge in [-0.15, -0.1) is 0 Å². The molecule has 0 atom stereocenters. The van der Waals surface area contributed by atoms with Crippen LogP contribution in [0.2, 0.25) is 0 Å². The zero-order valence-corrected chi connectivity index (χ0v) is 24.6. The maximum atomic E-state index is 11.1. The average Bonchev–Trinajstić information content (AvgIpc) is 3.05. The summed E-state index contributed by atoms with van der Waals surface area (Å²) >= 11 is 0. The topological polar surface area (TPSA) is 40.5 Å². The standard InChI is InChI=1S/C40H28B2O2/c41-35-19-31-33(21-37(35)43)40(29-16-8-13-23-11-4-6-14-27(23)29)34-22-38(44)36(42)20-32(34)39(31)26-17-25-12-5-7-15-28(25)30(18-26)24-9-2-1-3-10-24/h1-22,43-44H,41-42H2. The maximum absolute atomic E-state index is 11.1. The van der Waals surface area contributed by atoms with E-state index >= 15 is 0 Å². The molecule has 4 heteroatoms. The molecule has 0 amide bonds. The number of phenolic OH excluding ortho intramolecular Hbond substituents is 2. The molecule has 8 aromatic carbocycles. The van der Waals surface area contributed by atoms with Crippen molar-refractivity contribution >= 4 is 69.7 Å². The molecule has 8 aromatic rings. The minimum Gasteiger partial charge on any atom is -0.509 e. The van der Waals surface area contributed by atoms with E-state index < -0.39 is 0 Å². The minimum absolute atomic E-state index is 0.254. The van der Waals surface area contributed by atoms with E-state index in [1.807, 2.05) is 33.9 Å². The number of benzene rings is 8. The number of phenols is 2. The van der Waals surface area contributed by atoms with Gasteiger partial charge in [-0.1, -0.05) is 109 Å². The summed E-state index contributed by atoms with van der Waals surface area (Å²) in [5.74, 6) is 0.508. The summed E-state index contributed by atoms with van der Waals surface area (Å²) < 4.78 is 0. The second kappa shape index (κ2) is 10.1. The Morgan fingerprint density at radius 3 is 1.55 bits per heavy atom. The van der Waals surface area contributed by atoms with Gasteiger partial charge < -0.3 is 10.2 Å². The first-order valence-electron chi connectivity index (χ1n) is 15.0. The molecule has 0 unspecified atom stereocenters. The van der Waals surface area contributed by atoms with E-state index in [4.69, 9.17) is 0 Å². The van der Waals surface area contributed by atoms with Gasteiger partial charge in [0.05, 0.1) is 0 Å². The Hall–Kier alpha value is -5.47. The SMILES string of the molecule is Bc1cc2c(-c3cc(-c4ccccc4)c4ccccc4c3)c3cc(B)c(O)cc3c(-c3cccc4ccccc34)c2cc1O. The lowest BCUT2D eigenvalue weighted by Gasteiger charge is -2.21. The molecule has 0 aliphatic carbocycles. The highest BCUT2D eigenvalue weighted by molar-refractivity contribution is 6.38. The molecule has 0 radical (unpaired) electrons. The van der Waals surface area contributed by atoms with Crippen molar-refractivity contribution in [3.8, 4) is 44.9 Å². The van der Waals surface area contributed by atoms with Gasteiger partial charge in [-0.05, 0) is 112 Å². The van der Waals surface area contributed by atoms with Gasteiger partial charge in [0, 0.05) is 0 Å². The fraction of sp³-hybridized carbons (Fsp3) is 0. The Labute approximate surface area is 257 Å². The molecule has 0 bridgehead atoms. The highest BCUT2D eigenvalue weighted by Crippen LogP contribution is 2.47. The van der Waals surface area contributed by atoms with Gasteiger partial charge in [0.25, 0.3) is 0 Å². The first kappa shape index (κ1) is 26.2. The summed E-state index contributed by atoms with van der Waals surface area (Å²) in [6.07, 6.45) is 0. The van der Waals surface area contributed by atoms with Crippen molar-refractivity contribution in [1.29, 1.82) is 0 Å². The molecule has 0 saturated heterocycles. The molecule has 2 N–H and O–H groups in total. The lowest BCUT2D eigenvalue weighted by atomic mass is 9.79. The summed E-state index contributed by atoms with van der Waals surface area (Å²) in [6.45, 7) is 0. The molecule has 0 spiro atoms. The highest BCUT2D eigenvalue weighted by Gasteiger charge is 2.21. The van der Waals surface area contributed by atoms with E-state index in [-0.39, 0.29) is 11.5 Å². The third-order valence-electron chi connectivity index (χ3n) is 9.04. The van der Waals surface area contributed by atoms with Crippen LogP contribution in [0.4, 0.5) is 0 Å². The van der Waals surface area contributed by atoms with Crippen molar-refractivity contribution in [2.45, 2.75) is 0 Å². The predicted molar refractivity (Wildman–Crippen MR) is 192 cm³/mol. The molecular formula is C40H28B2O2. The molecule has 206 valence electrons. The molecule has 0 aliphatic heterocycles. The van der Waals surface area contributed by atoms with Crippen molar-refractivity contribution in [3.05, 3.63) is 133 Å². The van der Waals surface area contributed by atoms with Gasteiger partial charge in [-0.25, -0.2) is 0 Å². The summed E-state index contributed by atoms with van der Waals surface area (Å²) in [6, 6.07) is 46.4. The van der Waals surface area contributed by atoms with Gasteiger partial charge in [0.15, 0.2) is 0 Å². The zero-order chi connectivity index (χ0) is 29.9.